The molecule has 0 bridgehead atoms. The fourth-order valence-corrected chi connectivity index (χ4v) is 4.18. The third-order valence-electron chi connectivity index (χ3n) is 4.56. The molecule has 0 saturated carbocycles. The summed E-state index contributed by atoms with van der Waals surface area (Å²) in [5, 5.41) is 2.84. The van der Waals surface area contributed by atoms with Gasteiger partial charge in [-0.15, -0.1) is 0 Å². The van der Waals surface area contributed by atoms with Crippen LogP contribution in [0.15, 0.2) is 89.8 Å². The minimum atomic E-state index is -3.63. The lowest BCUT2D eigenvalue weighted by Gasteiger charge is -2.15. The van der Waals surface area contributed by atoms with E-state index in [2.05, 4.69) is 10.0 Å². The number of hydrogen-bond acceptors (Lipinski definition) is 3. The van der Waals surface area contributed by atoms with Crippen molar-refractivity contribution in [2.45, 2.75) is 30.7 Å². The van der Waals surface area contributed by atoms with Gasteiger partial charge in [0.2, 0.25) is 15.9 Å². The van der Waals surface area contributed by atoms with Crippen LogP contribution in [0.1, 0.15) is 30.5 Å². The third-order valence-corrected chi connectivity index (χ3v) is 6.12. The van der Waals surface area contributed by atoms with Crippen LogP contribution in [0.25, 0.3) is 0 Å². The standard InChI is InChI=1S/C23H24N2O3S/c1-18(20-8-4-2-5-9-20)25-29(27,28)22-15-12-19(13-16-22)14-17-23(26)24-21-10-6-3-7-11-21/h2-13,15-16,18,25H,14,17H2,1H3,(H,24,26)/t18-/m1/s1. The Morgan fingerprint density at radius 3 is 2.07 bits per heavy atom. The zero-order valence-electron chi connectivity index (χ0n) is 16.2. The molecule has 3 aromatic carbocycles. The SMILES string of the molecule is C[C@@H](NS(=O)(=O)c1ccc(CCC(=O)Nc2ccccc2)cc1)c1ccccc1. The van der Waals surface area contributed by atoms with Crippen molar-refractivity contribution in [1.82, 2.24) is 4.72 Å². The highest BCUT2D eigenvalue weighted by atomic mass is 32.2. The van der Waals surface area contributed by atoms with Gasteiger partial charge in [-0.2, -0.15) is 0 Å². The van der Waals surface area contributed by atoms with Crippen molar-refractivity contribution in [1.29, 1.82) is 0 Å². The van der Waals surface area contributed by atoms with E-state index in [-0.39, 0.29) is 16.8 Å². The van der Waals surface area contributed by atoms with Crippen LogP contribution in [0, 0.1) is 0 Å². The maximum absolute atomic E-state index is 12.6. The maximum Gasteiger partial charge on any atom is 0.241 e. The van der Waals surface area contributed by atoms with E-state index in [1.54, 1.807) is 24.3 Å². The Hall–Kier alpha value is -2.96. The van der Waals surface area contributed by atoms with Crippen molar-refractivity contribution in [3.63, 3.8) is 0 Å². The topological polar surface area (TPSA) is 75.3 Å². The average Bonchev–Trinajstić information content (AvgIpc) is 2.73. The van der Waals surface area contributed by atoms with Crippen LogP contribution in [0.2, 0.25) is 0 Å². The normalized spacial score (nSPS) is 12.3. The second kappa shape index (κ2) is 9.49. The summed E-state index contributed by atoms with van der Waals surface area (Å²) in [7, 11) is -3.63. The van der Waals surface area contributed by atoms with E-state index in [4.69, 9.17) is 0 Å². The second-order valence-corrected chi connectivity index (χ2v) is 8.53. The molecule has 3 rings (SSSR count). The summed E-state index contributed by atoms with van der Waals surface area (Å²) in [5.41, 5.74) is 2.57. The number of anilines is 1. The molecule has 0 spiro atoms. The Bertz CT molecular complexity index is 1030. The lowest BCUT2D eigenvalue weighted by Crippen LogP contribution is -2.26. The molecule has 0 fully saturated rings. The van der Waals surface area contributed by atoms with Crippen LogP contribution < -0.4 is 10.0 Å². The van der Waals surface area contributed by atoms with Crippen molar-refractivity contribution >= 4 is 21.6 Å². The molecular formula is C23H24N2O3S. The number of carbonyl (C=O) groups is 1. The molecule has 0 aromatic heterocycles. The molecule has 0 radical (unpaired) electrons. The van der Waals surface area contributed by atoms with Crippen LogP contribution in [-0.2, 0) is 21.2 Å². The number of carbonyl (C=O) groups excluding carboxylic acids is 1. The zero-order valence-corrected chi connectivity index (χ0v) is 17.0. The molecule has 6 heteroatoms. The van der Waals surface area contributed by atoms with Gasteiger partial charge in [0.25, 0.3) is 0 Å². The average molecular weight is 409 g/mol. The number of rotatable bonds is 8. The zero-order chi connectivity index (χ0) is 20.7. The second-order valence-electron chi connectivity index (χ2n) is 6.81. The minimum absolute atomic E-state index is 0.0775. The van der Waals surface area contributed by atoms with Gasteiger partial charge in [-0.25, -0.2) is 13.1 Å². The molecule has 29 heavy (non-hydrogen) atoms. The molecule has 150 valence electrons. The number of benzene rings is 3. The van der Waals surface area contributed by atoms with E-state index in [1.807, 2.05) is 67.6 Å². The first-order valence-electron chi connectivity index (χ1n) is 9.45. The first-order chi connectivity index (χ1) is 13.9. The number of hydrogen-bond donors (Lipinski definition) is 2. The van der Waals surface area contributed by atoms with Crippen LogP contribution in [0.5, 0.6) is 0 Å². The number of sulfonamides is 1. The first-order valence-corrected chi connectivity index (χ1v) is 10.9. The summed E-state index contributed by atoms with van der Waals surface area (Å²) in [6.45, 7) is 1.81. The summed E-state index contributed by atoms with van der Waals surface area (Å²) in [6.07, 6.45) is 0.858. The van der Waals surface area contributed by atoms with E-state index in [1.165, 1.54) is 0 Å². The Balaban J connectivity index is 1.57. The number of para-hydroxylation sites is 1. The number of aryl methyl sites for hydroxylation is 1. The molecule has 1 atom stereocenters. The van der Waals surface area contributed by atoms with E-state index in [0.717, 1.165) is 16.8 Å². The van der Waals surface area contributed by atoms with Gasteiger partial charge in [0.15, 0.2) is 0 Å². The third kappa shape index (κ3) is 6.01. The van der Waals surface area contributed by atoms with Crippen molar-refractivity contribution in [3.8, 4) is 0 Å². The Morgan fingerprint density at radius 1 is 0.862 bits per heavy atom. The summed E-state index contributed by atoms with van der Waals surface area (Å²) in [6, 6.07) is 25.0. The quantitative estimate of drug-likeness (QED) is 0.584. The fraction of sp³-hybridized carbons (Fsp3) is 0.174. The van der Waals surface area contributed by atoms with Gasteiger partial charge in [-0.1, -0.05) is 60.7 Å². The highest BCUT2D eigenvalue weighted by molar-refractivity contribution is 7.89. The largest absolute Gasteiger partial charge is 0.326 e. The molecule has 0 unspecified atom stereocenters. The predicted molar refractivity (Wildman–Crippen MR) is 115 cm³/mol. The van der Waals surface area contributed by atoms with Crippen LogP contribution in [0.3, 0.4) is 0 Å². The Labute approximate surface area is 171 Å². The summed E-state index contributed by atoms with van der Waals surface area (Å²) < 4.78 is 27.9. The van der Waals surface area contributed by atoms with Gasteiger partial charge in [-0.3, -0.25) is 4.79 Å². The molecule has 0 aliphatic rings. The van der Waals surface area contributed by atoms with E-state index >= 15 is 0 Å². The highest BCUT2D eigenvalue weighted by Gasteiger charge is 2.18. The first kappa shape index (κ1) is 20.8. The van der Waals surface area contributed by atoms with Crippen molar-refractivity contribution in [3.05, 3.63) is 96.1 Å². The van der Waals surface area contributed by atoms with E-state index in [0.29, 0.717) is 12.8 Å². The van der Waals surface area contributed by atoms with Crippen molar-refractivity contribution in [2.24, 2.45) is 0 Å². The number of amides is 1. The monoisotopic (exact) mass is 408 g/mol. The molecule has 0 saturated heterocycles. The molecule has 1 amide bonds. The lowest BCUT2D eigenvalue weighted by atomic mass is 10.1. The fourth-order valence-electron chi connectivity index (χ4n) is 2.95. The molecule has 2 N–H and O–H groups in total. The molecular weight excluding hydrogens is 384 g/mol. The number of nitrogens with one attached hydrogen (secondary N) is 2. The Kier molecular flexibility index (Phi) is 6.80. The van der Waals surface area contributed by atoms with Crippen molar-refractivity contribution < 1.29 is 13.2 Å². The molecule has 5 nitrogen and oxygen atoms in total. The van der Waals surface area contributed by atoms with Gasteiger partial charge in [-0.05, 0) is 48.7 Å². The highest BCUT2D eigenvalue weighted by Crippen LogP contribution is 2.18. The van der Waals surface area contributed by atoms with Crippen LogP contribution in [-0.4, -0.2) is 14.3 Å². The molecule has 0 aliphatic heterocycles. The summed E-state index contributed by atoms with van der Waals surface area (Å²) >= 11 is 0. The Morgan fingerprint density at radius 2 is 1.45 bits per heavy atom. The van der Waals surface area contributed by atoms with Gasteiger partial charge in [0.05, 0.1) is 4.90 Å². The molecule has 0 aliphatic carbocycles. The van der Waals surface area contributed by atoms with Crippen LogP contribution in [0.4, 0.5) is 5.69 Å². The van der Waals surface area contributed by atoms with E-state index in [9.17, 15) is 13.2 Å². The lowest BCUT2D eigenvalue weighted by molar-refractivity contribution is -0.116. The van der Waals surface area contributed by atoms with Gasteiger partial charge >= 0.3 is 0 Å². The van der Waals surface area contributed by atoms with Crippen molar-refractivity contribution in [2.75, 3.05) is 5.32 Å². The van der Waals surface area contributed by atoms with Gasteiger partial charge in [0, 0.05) is 18.2 Å². The van der Waals surface area contributed by atoms with Gasteiger partial charge in [0.1, 0.15) is 0 Å². The van der Waals surface area contributed by atoms with Gasteiger partial charge < -0.3 is 5.32 Å². The minimum Gasteiger partial charge on any atom is -0.326 e. The maximum atomic E-state index is 12.6. The van der Waals surface area contributed by atoms with E-state index < -0.39 is 10.0 Å². The summed E-state index contributed by atoms with van der Waals surface area (Å²) in [5.74, 6) is -0.0775. The predicted octanol–water partition coefficient (Wildman–Crippen LogP) is 4.30. The smallest absolute Gasteiger partial charge is 0.241 e. The summed E-state index contributed by atoms with van der Waals surface area (Å²) in [4.78, 5) is 12.3. The molecule has 0 heterocycles. The molecule has 3 aromatic rings. The van der Waals surface area contributed by atoms with Crippen LogP contribution >= 0.6 is 0 Å².